The standard InChI is InChI=1S/C23H28N2O4/c1-16(18-8-6-5-7-9-18)25(17(2)26)15-23(27)24-11-10-19-12-21(28-3)22(29-4)13-20(19)14-24/h5-9,12-13,16H,10-11,14-15H2,1-4H3. The minimum Gasteiger partial charge on any atom is -0.493 e. The largest absolute Gasteiger partial charge is 0.493 e. The molecule has 1 aliphatic heterocycles. The highest BCUT2D eigenvalue weighted by Gasteiger charge is 2.27. The second kappa shape index (κ2) is 8.99. The van der Waals surface area contributed by atoms with Crippen LogP contribution in [-0.4, -0.2) is 48.9 Å². The molecular weight excluding hydrogens is 368 g/mol. The van der Waals surface area contributed by atoms with Crippen molar-refractivity contribution in [2.45, 2.75) is 32.9 Å². The molecule has 3 rings (SSSR count). The van der Waals surface area contributed by atoms with Crippen LogP contribution in [-0.2, 0) is 22.6 Å². The van der Waals surface area contributed by atoms with E-state index in [-0.39, 0.29) is 24.4 Å². The van der Waals surface area contributed by atoms with Crippen molar-refractivity contribution in [2.24, 2.45) is 0 Å². The van der Waals surface area contributed by atoms with Crippen molar-refractivity contribution >= 4 is 11.8 Å². The van der Waals surface area contributed by atoms with Crippen LogP contribution >= 0.6 is 0 Å². The van der Waals surface area contributed by atoms with Gasteiger partial charge < -0.3 is 19.3 Å². The Kier molecular flexibility index (Phi) is 6.42. The number of ether oxygens (including phenoxy) is 2. The van der Waals surface area contributed by atoms with Gasteiger partial charge in [-0.2, -0.15) is 0 Å². The average Bonchev–Trinajstić information content (AvgIpc) is 2.75. The predicted molar refractivity (Wildman–Crippen MR) is 111 cm³/mol. The molecule has 2 amide bonds. The van der Waals surface area contributed by atoms with Crippen LogP contribution in [0.2, 0.25) is 0 Å². The maximum Gasteiger partial charge on any atom is 0.242 e. The summed E-state index contributed by atoms with van der Waals surface area (Å²) in [5.74, 6) is 1.19. The number of fused-ring (bicyclic) bond motifs is 1. The Morgan fingerprint density at radius 2 is 1.69 bits per heavy atom. The van der Waals surface area contributed by atoms with Crippen molar-refractivity contribution in [3.63, 3.8) is 0 Å². The summed E-state index contributed by atoms with van der Waals surface area (Å²) in [5, 5.41) is 0. The Morgan fingerprint density at radius 3 is 2.28 bits per heavy atom. The summed E-state index contributed by atoms with van der Waals surface area (Å²) in [6.45, 7) is 4.64. The van der Waals surface area contributed by atoms with Crippen LogP contribution in [0.25, 0.3) is 0 Å². The van der Waals surface area contributed by atoms with Crippen LogP contribution in [0.5, 0.6) is 11.5 Å². The van der Waals surface area contributed by atoms with Crippen molar-refractivity contribution in [3.8, 4) is 11.5 Å². The zero-order valence-electron chi connectivity index (χ0n) is 17.5. The molecule has 2 aromatic rings. The fourth-order valence-electron chi connectivity index (χ4n) is 3.77. The third-order valence-electron chi connectivity index (χ3n) is 5.53. The third kappa shape index (κ3) is 4.53. The Morgan fingerprint density at radius 1 is 1.07 bits per heavy atom. The highest BCUT2D eigenvalue weighted by atomic mass is 16.5. The van der Waals surface area contributed by atoms with Crippen LogP contribution in [0, 0.1) is 0 Å². The number of amides is 2. The monoisotopic (exact) mass is 396 g/mol. The first-order valence-electron chi connectivity index (χ1n) is 9.78. The number of rotatable bonds is 6. The van der Waals surface area contributed by atoms with Gasteiger partial charge >= 0.3 is 0 Å². The Balaban J connectivity index is 1.74. The van der Waals surface area contributed by atoms with Crippen molar-refractivity contribution in [1.29, 1.82) is 0 Å². The van der Waals surface area contributed by atoms with E-state index in [1.54, 1.807) is 19.1 Å². The summed E-state index contributed by atoms with van der Waals surface area (Å²) in [5.41, 5.74) is 3.22. The van der Waals surface area contributed by atoms with Crippen LogP contribution in [0.4, 0.5) is 0 Å². The summed E-state index contributed by atoms with van der Waals surface area (Å²) in [4.78, 5) is 28.7. The van der Waals surface area contributed by atoms with Gasteiger partial charge in [-0.25, -0.2) is 0 Å². The number of hydrogen-bond donors (Lipinski definition) is 0. The number of benzene rings is 2. The zero-order valence-corrected chi connectivity index (χ0v) is 17.5. The van der Waals surface area contributed by atoms with E-state index in [2.05, 4.69) is 0 Å². The molecule has 6 nitrogen and oxygen atoms in total. The fraction of sp³-hybridized carbons (Fsp3) is 0.391. The minimum atomic E-state index is -0.168. The molecule has 1 atom stereocenters. The second-order valence-corrected chi connectivity index (χ2v) is 7.27. The molecule has 0 bridgehead atoms. The molecule has 1 aliphatic rings. The van der Waals surface area contributed by atoms with E-state index in [1.807, 2.05) is 54.3 Å². The van der Waals surface area contributed by atoms with Gasteiger partial charge in [0.1, 0.15) is 6.54 Å². The molecule has 1 unspecified atom stereocenters. The zero-order chi connectivity index (χ0) is 21.0. The molecule has 29 heavy (non-hydrogen) atoms. The van der Waals surface area contributed by atoms with Gasteiger partial charge in [0.2, 0.25) is 11.8 Å². The van der Waals surface area contributed by atoms with E-state index < -0.39 is 0 Å². The Labute approximate surface area is 172 Å². The summed E-state index contributed by atoms with van der Waals surface area (Å²) < 4.78 is 10.8. The topological polar surface area (TPSA) is 59.1 Å². The Hall–Kier alpha value is -3.02. The molecule has 1 heterocycles. The van der Waals surface area contributed by atoms with Crippen LogP contribution < -0.4 is 9.47 Å². The SMILES string of the molecule is COc1cc2c(cc1OC)CN(C(=O)CN(C(C)=O)C(C)c1ccccc1)CC2. The molecule has 0 N–H and O–H groups in total. The summed E-state index contributed by atoms with van der Waals surface area (Å²) in [6.07, 6.45) is 0.746. The summed E-state index contributed by atoms with van der Waals surface area (Å²) in [7, 11) is 3.22. The molecule has 6 heteroatoms. The molecule has 0 fully saturated rings. The molecule has 0 aliphatic carbocycles. The number of carbonyl (C=O) groups is 2. The van der Waals surface area contributed by atoms with Gasteiger partial charge in [-0.15, -0.1) is 0 Å². The summed E-state index contributed by atoms with van der Waals surface area (Å²) in [6, 6.07) is 13.5. The minimum absolute atomic E-state index is 0.0524. The molecule has 154 valence electrons. The van der Waals surface area contributed by atoms with E-state index >= 15 is 0 Å². The highest BCUT2D eigenvalue weighted by molar-refractivity contribution is 5.84. The number of methoxy groups -OCH3 is 2. The second-order valence-electron chi connectivity index (χ2n) is 7.27. The molecule has 0 spiro atoms. The molecule has 0 saturated heterocycles. The lowest BCUT2D eigenvalue weighted by atomic mass is 9.98. The lowest BCUT2D eigenvalue weighted by Gasteiger charge is -2.33. The van der Waals surface area contributed by atoms with Gasteiger partial charge in [-0.1, -0.05) is 30.3 Å². The molecule has 2 aromatic carbocycles. The smallest absolute Gasteiger partial charge is 0.242 e. The van der Waals surface area contributed by atoms with E-state index in [0.717, 1.165) is 23.1 Å². The highest BCUT2D eigenvalue weighted by Crippen LogP contribution is 2.33. The Bertz CT molecular complexity index is 882. The van der Waals surface area contributed by atoms with Gasteiger partial charge in [0.15, 0.2) is 11.5 Å². The van der Waals surface area contributed by atoms with Gasteiger partial charge in [0.25, 0.3) is 0 Å². The van der Waals surface area contributed by atoms with Crippen LogP contribution in [0.1, 0.15) is 36.6 Å². The van der Waals surface area contributed by atoms with Crippen LogP contribution in [0.15, 0.2) is 42.5 Å². The van der Waals surface area contributed by atoms with E-state index in [1.165, 1.54) is 6.92 Å². The van der Waals surface area contributed by atoms with Crippen molar-refractivity contribution in [1.82, 2.24) is 9.80 Å². The van der Waals surface area contributed by atoms with E-state index in [4.69, 9.17) is 9.47 Å². The maximum absolute atomic E-state index is 13.0. The first kappa shape index (κ1) is 20.7. The normalized spacial score (nSPS) is 14.0. The number of hydrogen-bond acceptors (Lipinski definition) is 4. The van der Waals surface area contributed by atoms with E-state index in [9.17, 15) is 9.59 Å². The molecular formula is C23H28N2O4. The first-order valence-corrected chi connectivity index (χ1v) is 9.78. The third-order valence-corrected chi connectivity index (χ3v) is 5.53. The van der Waals surface area contributed by atoms with Gasteiger partial charge in [-0.05, 0) is 42.2 Å². The molecule has 0 aromatic heterocycles. The molecule has 0 radical (unpaired) electrons. The fourth-order valence-corrected chi connectivity index (χ4v) is 3.77. The van der Waals surface area contributed by atoms with Crippen molar-refractivity contribution < 1.29 is 19.1 Å². The number of carbonyl (C=O) groups excluding carboxylic acids is 2. The predicted octanol–water partition coefficient (Wildman–Crippen LogP) is 3.20. The lowest BCUT2D eigenvalue weighted by molar-refractivity contribution is -0.141. The van der Waals surface area contributed by atoms with Gasteiger partial charge in [-0.3, -0.25) is 9.59 Å². The van der Waals surface area contributed by atoms with Gasteiger partial charge in [0, 0.05) is 20.0 Å². The quantitative estimate of drug-likeness (QED) is 0.752. The average molecular weight is 396 g/mol. The van der Waals surface area contributed by atoms with Crippen LogP contribution in [0.3, 0.4) is 0 Å². The lowest BCUT2D eigenvalue weighted by Crippen LogP contribution is -2.44. The van der Waals surface area contributed by atoms with E-state index in [0.29, 0.717) is 24.6 Å². The molecule has 0 saturated carbocycles. The van der Waals surface area contributed by atoms with Gasteiger partial charge in [0.05, 0.1) is 20.3 Å². The first-order chi connectivity index (χ1) is 13.9. The number of nitrogens with zero attached hydrogens (tertiary/aromatic N) is 2. The van der Waals surface area contributed by atoms with Crippen molar-refractivity contribution in [3.05, 3.63) is 59.2 Å². The summed E-state index contributed by atoms with van der Waals surface area (Å²) >= 11 is 0. The van der Waals surface area contributed by atoms with Crippen molar-refractivity contribution in [2.75, 3.05) is 27.3 Å². The maximum atomic E-state index is 13.0.